The highest BCUT2D eigenvalue weighted by Crippen LogP contribution is 2.30. The Balaban J connectivity index is 1.39. The molecule has 0 atom stereocenters. The minimum Gasteiger partial charge on any atom is -0.494 e. The SMILES string of the molecule is CCOc1ccc(N2Cc3ccc(C(=O)N/N=C\c4ccc(OC)c(OC)c4)cc3C2)cc1. The van der Waals surface area contributed by atoms with E-state index in [0.29, 0.717) is 23.7 Å². The van der Waals surface area contributed by atoms with Gasteiger partial charge in [0.15, 0.2) is 11.5 Å². The maximum atomic E-state index is 12.6. The lowest BCUT2D eigenvalue weighted by Gasteiger charge is -2.18. The first-order chi connectivity index (χ1) is 16.1. The first kappa shape index (κ1) is 22.2. The van der Waals surface area contributed by atoms with Gasteiger partial charge in [0.2, 0.25) is 0 Å². The molecule has 1 aliphatic rings. The smallest absolute Gasteiger partial charge is 0.271 e. The number of amides is 1. The fraction of sp³-hybridized carbons (Fsp3) is 0.231. The van der Waals surface area contributed by atoms with Crippen molar-refractivity contribution in [2.24, 2.45) is 5.10 Å². The first-order valence-electron chi connectivity index (χ1n) is 10.8. The molecule has 0 unspecified atom stereocenters. The normalized spacial score (nSPS) is 12.5. The predicted molar refractivity (Wildman–Crippen MR) is 129 cm³/mol. The fourth-order valence-electron chi connectivity index (χ4n) is 3.80. The zero-order valence-electron chi connectivity index (χ0n) is 19.0. The van der Waals surface area contributed by atoms with E-state index in [9.17, 15) is 4.79 Å². The van der Waals surface area contributed by atoms with Gasteiger partial charge in [0, 0.05) is 24.3 Å². The summed E-state index contributed by atoms with van der Waals surface area (Å²) in [6.45, 7) is 4.18. The van der Waals surface area contributed by atoms with E-state index < -0.39 is 0 Å². The van der Waals surface area contributed by atoms with Crippen LogP contribution in [0.1, 0.15) is 34.0 Å². The van der Waals surface area contributed by atoms with Crippen molar-refractivity contribution in [2.45, 2.75) is 20.0 Å². The number of methoxy groups -OCH3 is 2. The number of hydrogen-bond donors (Lipinski definition) is 1. The summed E-state index contributed by atoms with van der Waals surface area (Å²) in [6.07, 6.45) is 1.57. The second-order valence-electron chi connectivity index (χ2n) is 7.58. The van der Waals surface area contributed by atoms with E-state index in [4.69, 9.17) is 14.2 Å². The van der Waals surface area contributed by atoms with E-state index in [0.717, 1.165) is 35.7 Å². The zero-order chi connectivity index (χ0) is 23.2. The van der Waals surface area contributed by atoms with Gasteiger partial charge in [-0.05, 0) is 78.2 Å². The Morgan fingerprint density at radius 1 is 0.970 bits per heavy atom. The highest BCUT2D eigenvalue weighted by atomic mass is 16.5. The van der Waals surface area contributed by atoms with Gasteiger partial charge in [-0.25, -0.2) is 5.43 Å². The van der Waals surface area contributed by atoms with Gasteiger partial charge in [0.1, 0.15) is 5.75 Å². The van der Waals surface area contributed by atoms with Crippen LogP contribution in [0.2, 0.25) is 0 Å². The molecule has 3 aromatic carbocycles. The van der Waals surface area contributed by atoms with Crippen LogP contribution in [0, 0.1) is 0 Å². The third-order valence-electron chi connectivity index (χ3n) is 5.49. The fourth-order valence-corrected chi connectivity index (χ4v) is 3.80. The van der Waals surface area contributed by atoms with Crippen LogP contribution < -0.4 is 24.5 Å². The standard InChI is InChI=1S/C26H27N3O4/c1-4-33-23-10-8-22(9-11-23)29-16-20-7-6-19(14-21(20)17-29)26(30)28-27-15-18-5-12-24(31-2)25(13-18)32-3/h5-15H,4,16-17H2,1-3H3,(H,28,30)/b27-15-. The quantitative estimate of drug-likeness (QED) is 0.411. The lowest BCUT2D eigenvalue weighted by atomic mass is 10.1. The highest BCUT2D eigenvalue weighted by Gasteiger charge is 2.20. The summed E-state index contributed by atoms with van der Waals surface area (Å²) in [5, 5.41) is 4.09. The molecule has 0 aliphatic carbocycles. The lowest BCUT2D eigenvalue weighted by molar-refractivity contribution is 0.0955. The van der Waals surface area contributed by atoms with Crippen LogP contribution in [0.3, 0.4) is 0 Å². The van der Waals surface area contributed by atoms with Crippen molar-refractivity contribution in [1.29, 1.82) is 0 Å². The van der Waals surface area contributed by atoms with Gasteiger partial charge < -0.3 is 19.1 Å². The molecule has 1 N–H and O–H groups in total. The van der Waals surface area contributed by atoms with E-state index in [1.54, 1.807) is 32.6 Å². The Morgan fingerprint density at radius 2 is 1.73 bits per heavy atom. The second-order valence-corrected chi connectivity index (χ2v) is 7.58. The van der Waals surface area contributed by atoms with Gasteiger partial charge in [0.05, 0.1) is 27.0 Å². The average Bonchev–Trinajstić information content (AvgIpc) is 3.28. The molecule has 0 fully saturated rings. The van der Waals surface area contributed by atoms with Gasteiger partial charge in [-0.15, -0.1) is 0 Å². The molecule has 1 aliphatic heterocycles. The van der Waals surface area contributed by atoms with Crippen molar-refractivity contribution >= 4 is 17.8 Å². The number of carbonyl (C=O) groups excluding carboxylic acids is 1. The van der Waals surface area contributed by atoms with E-state index in [-0.39, 0.29) is 5.91 Å². The molecule has 3 aromatic rings. The summed E-state index contributed by atoms with van der Waals surface area (Å²) in [7, 11) is 3.16. The summed E-state index contributed by atoms with van der Waals surface area (Å²) >= 11 is 0. The molecule has 0 saturated carbocycles. The minimum absolute atomic E-state index is 0.256. The molecule has 7 heteroatoms. The Morgan fingerprint density at radius 3 is 2.45 bits per heavy atom. The molecule has 0 saturated heterocycles. The molecular formula is C26H27N3O4. The molecule has 0 aromatic heterocycles. The van der Waals surface area contributed by atoms with Crippen molar-refractivity contribution in [2.75, 3.05) is 25.7 Å². The molecule has 0 radical (unpaired) electrons. The summed E-state index contributed by atoms with van der Waals surface area (Å²) < 4.78 is 16.0. The van der Waals surface area contributed by atoms with Crippen LogP contribution in [-0.2, 0) is 13.1 Å². The van der Waals surface area contributed by atoms with Crippen molar-refractivity contribution < 1.29 is 19.0 Å². The van der Waals surface area contributed by atoms with E-state index in [1.807, 2.05) is 43.3 Å². The van der Waals surface area contributed by atoms with Crippen LogP contribution in [0.5, 0.6) is 17.2 Å². The van der Waals surface area contributed by atoms with Crippen LogP contribution in [0.15, 0.2) is 65.8 Å². The molecule has 1 amide bonds. The Bertz CT molecular complexity index is 1160. The van der Waals surface area contributed by atoms with Gasteiger partial charge in [-0.1, -0.05) is 6.07 Å². The average molecular weight is 446 g/mol. The maximum Gasteiger partial charge on any atom is 0.271 e. The predicted octanol–water partition coefficient (Wildman–Crippen LogP) is 4.39. The van der Waals surface area contributed by atoms with Crippen molar-refractivity contribution in [3.05, 3.63) is 82.9 Å². The van der Waals surface area contributed by atoms with Gasteiger partial charge in [-0.2, -0.15) is 5.10 Å². The number of fused-ring (bicyclic) bond motifs is 1. The molecular weight excluding hydrogens is 418 g/mol. The van der Waals surface area contributed by atoms with Crippen LogP contribution in [0.25, 0.3) is 0 Å². The van der Waals surface area contributed by atoms with Gasteiger partial charge in [0.25, 0.3) is 5.91 Å². The Kier molecular flexibility index (Phi) is 6.78. The summed E-state index contributed by atoms with van der Waals surface area (Å²) in [5.74, 6) is 1.85. The van der Waals surface area contributed by atoms with Crippen molar-refractivity contribution in [1.82, 2.24) is 5.43 Å². The number of hydrazone groups is 1. The number of carbonyl (C=O) groups is 1. The lowest BCUT2D eigenvalue weighted by Crippen LogP contribution is -2.18. The highest BCUT2D eigenvalue weighted by molar-refractivity contribution is 5.95. The summed E-state index contributed by atoms with van der Waals surface area (Å²) in [5.41, 5.74) is 7.44. The molecule has 0 spiro atoms. The first-order valence-corrected chi connectivity index (χ1v) is 10.8. The second kappa shape index (κ2) is 10.1. The zero-order valence-corrected chi connectivity index (χ0v) is 19.0. The van der Waals surface area contributed by atoms with E-state index in [2.05, 4.69) is 27.6 Å². The summed E-state index contributed by atoms with van der Waals surface area (Å²) in [4.78, 5) is 14.9. The minimum atomic E-state index is -0.256. The van der Waals surface area contributed by atoms with Gasteiger partial charge in [-0.3, -0.25) is 4.79 Å². The number of benzene rings is 3. The largest absolute Gasteiger partial charge is 0.494 e. The molecule has 170 valence electrons. The third-order valence-corrected chi connectivity index (χ3v) is 5.49. The van der Waals surface area contributed by atoms with Crippen LogP contribution in [-0.4, -0.2) is 32.9 Å². The summed E-state index contributed by atoms with van der Waals surface area (Å²) in [6, 6.07) is 19.3. The molecule has 7 nitrogen and oxygen atoms in total. The number of rotatable bonds is 8. The number of ether oxygens (including phenoxy) is 3. The van der Waals surface area contributed by atoms with Gasteiger partial charge >= 0.3 is 0 Å². The number of hydrogen-bond acceptors (Lipinski definition) is 6. The maximum absolute atomic E-state index is 12.6. The van der Waals surface area contributed by atoms with Crippen molar-refractivity contribution in [3.8, 4) is 17.2 Å². The Labute approximate surface area is 193 Å². The Hall–Kier alpha value is -4.00. The molecule has 1 heterocycles. The molecule has 33 heavy (non-hydrogen) atoms. The molecule has 4 rings (SSSR count). The van der Waals surface area contributed by atoms with E-state index >= 15 is 0 Å². The molecule has 0 bridgehead atoms. The third kappa shape index (κ3) is 5.09. The number of nitrogens with zero attached hydrogens (tertiary/aromatic N) is 2. The number of anilines is 1. The van der Waals surface area contributed by atoms with Crippen LogP contribution in [0.4, 0.5) is 5.69 Å². The van der Waals surface area contributed by atoms with E-state index in [1.165, 1.54) is 5.56 Å². The van der Waals surface area contributed by atoms with Crippen molar-refractivity contribution in [3.63, 3.8) is 0 Å². The number of nitrogens with one attached hydrogen (secondary N) is 1. The topological polar surface area (TPSA) is 72.4 Å². The monoisotopic (exact) mass is 445 g/mol. The van der Waals surface area contributed by atoms with Crippen LogP contribution >= 0.6 is 0 Å².